The van der Waals surface area contributed by atoms with Crippen LogP contribution in [0.25, 0.3) is 6.08 Å². The van der Waals surface area contributed by atoms with E-state index in [0.29, 0.717) is 22.7 Å². The van der Waals surface area contributed by atoms with Crippen molar-refractivity contribution in [2.45, 2.75) is 39.5 Å². The number of rotatable bonds is 7. The van der Waals surface area contributed by atoms with Gasteiger partial charge in [0.05, 0.1) is 18.8 Å². The zero-order valence-corrected chi connectivity index (χ0v) is 17.9. The van der Waals surface area contributed by atoms with Gasteiger partial charge in [0.1, 0.15) is 22.4 Å². The van der Waals surface area contributed by atoms with Crippen molar-refractivity contribution in [2.75, 3.05) is 18.5 Å². The molecule has 1 aliphatic carbocycles. The summed E-state index contributed by atoms with van der Waals surface area (Å²) in [5, 5.41) is 12.7. The standard InChI is InChI=1S/C23H24N2O4S/c1-3-28-17-11-9-15(10-12-17)13-16(14-24)21(26)25-22-20(23(27)29-4-2)18-7-5-6-8-19(18)30-22/h9-13H,3-8H2,1-2H3,(H,25,26)/b16-13+. The first-order chi connectivity index (χ1) is 14.6. The number of ether oxygens (including phenoxy) is 2. The summed E-state index contributed by atoms with van der Waals surface area (Å²) in [4.78, 5) is 26.4. The molecule has 3 rings (SSSR count). The van der Waals surface area contributed by atoms with Crippen LogP contribution in [-0.2, 0) is 22.4 Å². The number of nitrogens with zero attached hydrogens (tertiary/aromatic N) is 1. The quantitative estimate of drug-likeness (QED) is 0.394. The number of hydrogen-bond donors (Lipinski definition) is 1. The van der Waals surface area contributed by atoms with Gasteiger partial charge < -0.3 is 14.8 Å². The molecule has 6 nitrogen and oxygen atoms in total. The SMILES string of the molecule is CCOC(=O)c1c(NC(=O)/C(C#N)=C/c2ccc(OCC)cc2)sc2c1CCCC2. The lowest BCUT2D eigenvalue weighted by Crippen LogP contribution is -2.16. The van der Waals surface area contributed by atoms with Gasteiger partial charge in [0.15, 0.2) is 0 Å². The number of esters is 1. The fourth-order valence-electron chi connectivity index (χ4n) is 3.39. The van der Waals surface area contributed by atoms with Crippen LogP contribution in [0.15, 0.2) is 29.8 Å². The second-order valence-electron chi connectivity index (χ2n) is 6.76. The Morgan fingerprint density at radius 3 is 2.57 bits per heavy atom. The number of nitrogens with one attached hydrogen (secondary N) is 1. The van der Waals surface area contributed by atoms with Gasteiger partial charge in [0.2, 0.25) is 0 Å². The van der Waals surface area contributed by atoms with Crippen LogP contribution in [0, 0.1) is 11.3 Å². The van der Waals surface area contributed by atoms with Gasteiger partial charge in [-0.25, -0.2) is 4.79 Å². The smallest absolute Gasteiger partial charge is 0.341 e. The summed E-state index contributed by atoms with van der Waals surface area (Å²) in [6.45, 7) is 4.48. The number of carbonyl (C=O) groups is 2. The molecule has 0 atom stereocenters. The molecule has 0 saturated carbocycles. The average molecular weight is 425 g/mol. The zero-order valence-electron chi connectivity index (χ0n) is 17.1. The molecule has 1 aromatic carbocycles. The molecule has 0 radical (unpaired) electrons. The fraction of sp³-hybridized carbons (Fsp3) is 0.348. The van der Waals surface area contributed by atoms with Gasteiger partial charge >= 0.3 is 5.97 Å². The van der Waals surface area contributed by atoms with E-state index in [-0.39, 0.29) is 12.2 Å². The van der Waals surface area contributed by atoms with Crippen LogP contribution in [0.3, 0.4) is 0 Å². The van der Waals surface area contributed by atoms with E-state index in [9.17, 15) is 14.9 Å². The Hall–Kier alpha value is -3.11. The van der Waals surface area contributed by atoms with Gasteiger partial charge in [-0.1, -0.05) is 12.1 Å². The number of anilines is 1. The highest BCUT2D eigenvalue weighted by Crippen LogP contribution is 2.38. The highest BCUT2D eigenvalue weighted by molar-refractivity contribution is 7.17. The predicted octanol–water partition coefficient (Wildman–Crippen LogP) is 4.75. The number of carbonyl (C=O) groups excluding carboxylic acids is 2. The van der Waals surface area contributed by atoms with E-state index in [4.69, 9.17) is 9.47 Å². The van der Waals surface area contributed by atoms with Crippen LogP contribution < -0.4 is 10.1 Å². The Balaban J connectivity index is 1.85. The molecule has 0 bridgehead atoms. The Labute approximate surface area is 180 Å². The highest BCUT2D eigenvalue weighted by atomic mass is 32.1. The first-order valence-electron chi connectivity index (χ1n) is 10.0. The molecule has 1 amide bonds. The molecular formula is C23H24N2O4S. The van der Waals surface area contributed by atoms with Gasteiger partial charge in [-0.15, -0.1) is 11.3 Å². The predicted molar refractivity (Wildman–Crippen MR) is 117 cm³/mol. The Bertz CT molecular complexity index is 999. The largest absolute Gasteiger partial charge is 0.494 e. The molecule has 156 valence electrons. The highest BCUT2D eigenvalue weighted by Gasteiger charge is 2.27. The number of benzene rings is 1. The maximum atomic E-state index is 12.8. The minimum Gasteiger partial charge on any atom is -0.494 e. The lowest BCUT2D eigenvalue weighted by Gasteiger charge is -2.12. The van der Waals surface area contributed by atoms with Gasteiger partial charge in [-0.2, -0.15) is 5.26 Å². The van der Waals surface area contributed by atoms with Crippen molar-refractivity contribution >= 4 is 34.3 Å². The third-order valence-electron chi connectivity index (χ3n) is 4.75. The second kappa shape index (κ2) is 10.1. The third kappa shape index (κ3) is 4.89. The Kier molecular flexibility index (Phi) is 7.26. The van der Waals surface area contributed by atoms with Crippen LogP contribution in [0.2, 0.25) is 0 Å². The maximum absolute atomic E-state index is 12.8. The minimum absolute atomic E-state index is 0.0414. The number of nitriles is 1. The molecule has 0 saturated heterocycles. The molecule has 7 heteroatoms. The monoisotopic (exact) mass is 424 g/mol. The molecular weight excluding hydrogens is 400 g/mol. The van der Waals surface area contributed by atoms with Crippen molar-refractivity contribution in [2.24, 2.45) is 0 Å². The Morgan fingerprint density at radius 1 is 1.17 bits per heavy atom. The molecule has 1 heterocycles. The third-order valence-corrected chi connectivity index (χ3v) is 5.95. The summed E-state index contributed by atoms with van der Waals surface area (Å²) < 4.78 is 10.6. The molecule has 2 aromatic rings. The van der Waals surface area contributed by atoms with E-state index in [1.807, 2.05) is 13.0 Å². The number of fused-ring (bicyclic) bond motifs is 1. The van der Waals surface area contributed by atoms with E-state index in [0.717, 1.165) is 41.9 Å². The van der Waals surface area contributed by atoms with E-state index in [1.165, 1.54) is 17.4 Å². The number of amides is 1. The minimum atomic E-state index is -0.546. The van der Waals surface area contributed by atoms with Crippen molar-refractivity contribution in [3.8, 4) is 11.8 Å². The maximum Gasteiger partial charge on any atom is 0.341 e. The number of hydrogen-bond acceptors (Lipinski definition) is 6. The van der Waals surface area contributed by atoms with Crippen LogP contribution in [-0.4, -0.2) is 25.1 Å². The van der Waals surface area contributed by atoms with Gasteiger partial charge in [-0.3, -0.25) is 4.79 Å². The van der Waals surface area contributed by atoms with Crippen molar-refractivity contribution in [3.63, 3.8) is 0 Å². The van der Waals surface area contributed by atoms with Crippen LogP contribution in [0.4, 0.5) is 5.00 Å². The summed E-state index contributed by atoms with van der Waals surface area (Å²) in [6.07, 6.45) is 5.26. The van der Waals surface area contributed by atoms with E-state index in [1.54, 1.807) is 31.2 Å². The summed E-state index contributed by atoms with van der Waals surface area (Å²) in [5.74, 6) is -0.252. The second-order valence-corrected chi connectivity index (χ2v) is 7.87. The normalized spacial score (nSPS) is 13.2. The van der Waals surface area contributed by atoms with Gasteiger partial charge in [0.25, 0.3) is 5.91 Å². The lowest BCUT2D eigenvalue weighted by atomic mass is 9.95. The molecule has 1 aromatic heterocycles. The average Bonchev–Trinajstić information content (AvgIpc) is 3.11. The molecule has 0 fully saturated rings. The first kappa shape index (κ1) is 21.6. The molecule has 1 N–H and O–H groups in total. The van der Waals surface area contributed by atoms with Crippen molar-refractivity contribution in [3.05, 3.63) is 51.4 Å². The summed E-state index contributed by atoms with van der Waals surface area (Å²) >= 11 is 1.40. The van der Waals surface area contributed by atoms with Crippen LogP contribution in [0.1, 0.15) is 53.1 Å². The van der Waals surface area contributed by atoms with E-state index in [2.05, 4.69) is 5.32 Å². The van der Waals surface area contributed by atoms with E-state index >= 15 is 0 Å². The van der Waals surface area contributed by atoms with Crippen molar-refractivity contribution < 1.29 is 19.1 Å². The Morgan fingerprint density at radius 2 is 1.90 bits per heavy atom. The summed E-state index contributed by atoms with van der Waals surface area (Å²) in [5.41, 5.74) is 2.07. The lowest BCUT2D eigenvalue weighted by molar-refractivity contribution is -0.112. The van der Waals surface area contributed by atoms with Gasteiger partial charge in [-0.05, 0) is 68.9 Å². The molecule has 1 aliphatic rings. The van der Waals surface area contributed by atoms with Gasteiger partial charge in [0, 0.05) is 4.88 Å². The topological polar surface area (TPSA) is 88.4 Å². The summed E-state index contributed by atoms with van der Waals surface area (Å²) in [7, 11) is 0. The van der Waals surface area contributed by atoms with Crippen LogP contribution >= 0.6 is 11.3 Å². The van der Waals surface area contributed by atoms with Crippen LogP contribution in [0.5, 0.6) is 5.75 Å². The molecule has 0 spiro atoms. The van der Waals surface area contributed by atoms with Crippen molar-refractivity contribution in [1.82, 2.24) is 0 Å². The first-order valence-corrected chi connectivity index (χ1v) is 10.9. The molecule has 0 aliphatic heterocycles. The zero-order chi connectivity index (χ0) is 21.5. The number of thiophene rings is 1. The summed E-state index contributed by atoms with van der Waals surface area (Å²) in [6, 6.07) is 9.09. The molecule has 0 unspecified atom stereocenters. The van der Waals surface area contributed by atoms with Crippen molar-refractivity contribution in [1.29, 1.82) is 5.26 Å². The molecule has 30 heavy (non-hydrogen) atoms. The fourth-order valence-corrected chi connectivity index (χ4v) is 4.66. The van der Waals surface area contributed by atoms with E-state index < -0.39 is 11.9 Å². The number of aryl methyl sites for hydroxylation is 1.